The normalized spacial score (nSPS) is 16.8. The zero-order valence-corrected chi connectivity index (χ0v) is 14.3. The molecule has 1 saturated carbocycles. The summed E-state index contributed by atoms with van der Waals surface area (Å²) in [6.07, 6.45) is 6.21. The summed E-state index contributed by atoms with van der Waals surface area (Å²) in [5.41, 5.74) is 8.94. The van der Waals surface area contributed by atoms with Crippen LogP contribution in [0.1, 0.15) is 45.1 Å². The van der Waals surface area contributed by atoms with Crippen molar-refractivity contribution in [1.82, 2.24) is 0 Å². The fourth-order valence-corrected chi connectivity index (χ4v) is 3.25. The van der Waals surface area contributed by atoms with Crippen LogP contribution in [0.5, 0.6) is 0 Å². The van der Waals surface area contributed by atoms with Crippen molar-refractivity contribution in [3.8, 4) is 0 Å². The Morgan fingerprint density at radius 3 is 2.65 bits per heavy atom. The number of rotatable bonds is 7. The molecule has 1 aliphatic carbocycles. The summed E-state index contributed by atoms with van der Waals surface area (Å²) in [6, 6.07) is 6.91. The quantitative estimate of drug-likeness (QED) is 0.800. The average Bonchev–Trinajstić information content (AvgIpc) is 2.39. The molecule has 1 aliphatic rings. The van der Waals surface area contributed by atoms with Crippen LogP contribution in [0, 0.1) is 5.92 Å². The van der Waals surface area contributed by atoms with Gasteiger partial charge in [-0.2, -0.15) is 0 Å². The van der Waals surface area contributed by atoms with Gasteiger partial charge in [0.1, 0.15) is 0 Å². The molecule has 0 bridgehead atoms. The molecule has 0 spiro atoms. The third kappa shape index (κ3) is 3.98. The summed E-state index contributed by atoms with van der Waals surface area (Å²) >= 11 is 3.60. The molecule has 1 aromatic carbocycles. The van der Waals surface area contributed by atoms with Crippen LogP contribution in [-0.2, 0) is 6.42 Å². The lowest BCUT2D eigenvalue weighted by molar-refractivity contribution is 0.318. The molecule has 2 nitrogen and oxygen atoms in total. The van der Waals surface area contributed by atoms with Crippen LogP contribution in [0.25, 0.3) is 0 Å². The molecular weight excluding hydrogens is 312 g/mol. The van der Waals surface area contributed by atoms with Gasteiger partial charge in [-0.15, -0.1) is 0 Å². The fraction of sp³-hybridized carbons (Fsp3) is 0.647. The third-order valence-corrected chi connectivity index (χ3v) is 4.97. The predicted octanol–water partition coefficient (Wildman–Crippen LogP) is 4.36. The first-order valence-corrected chi connectivity index (χ1v) is 8.72. The first kappa shape index (κ1) is 15.8. The third-order valence-electron chi connectivity index (χ3n) is 4.47. The minimum absolute atomic E-state index is 0.255. The Hall–Kier alpha value is -0.540. The maximum atomic E-state index is 6.17. The van der Waals surface area contributed by atoms with E-state index in [1.807, 2.05) is 0 Å². The van der Waals surface area contributed by atoms with Gasteiger partial charge in [0.15, 0.2) is 0 Å². The number of anilines is 1. The van der Waals surface area contributed by atoms with E-state index in [9.17, 15) is 0 Å². The van der Waals surface area contributed by atoms with Crippen molar-refractivity contribution in [2.45, 2.75) is 52.0 Å². The zero-order chi connectivity index (χ0) is 14.5. The van der Waals surface area contributed by atoms with Crippen molar-refractivity contribution in [3.05, 3.63) is 28.2 Å². The Kier molecular flexibility index (Phi) is 5.91. The second-order valence-electron chi connectivity index (χ2n) is 5.98. The summed E-state index contributed by atoms with van der Waals surface area (Å²) in [4.78, 5) is 2.54. The molecule has 0 saturated heterocycles. The number of nitrogens with two attached hydrogens (primary N) is 1. The fourth-order valence-electron chi connectivity index (χ4n) is 2.84. The topological polar surface area (TPSA) is 29.3 Å². The van der Waals surface area contributed by atoms with Crippen LogP contribution < -0.4 is 10.6 Å². The lowest BCUT2D eigenvalue weighted by Crippen LogP contribution is -2.33. The van der Waals surface area contributed by atoms with E-state index >= 15 is 0 Å². The molecule has 20 heavy (non-hydrogen) atoms. The molecule has 0 aliphatic heterocycles. The Morgan fingerprint density at radius 1 is 1.35 bits per heavy atom. The van der Waals surface area contributed by atoms with E-state index < -0.39 is 0 Å². The number of hydrogen-bond donors (Lipinski definition) is 1. The van der Waals surface area contributed by atoms with Gasteiger partial charge in [0.25, 0.3) is 0 Å². The first-order valence-electron chi connectivity index (χ1n) is 7.93. The van der Waals surface area contributed by atoms with Crippen molar-refractivity contribution in [2.24, 2.45) is 11.7 Å². The van der Waals surface area contributed by atoms with Gasteiger partial charge in [-0.05, 0) is 62.3 Å². The minimum atomic E-state index is 0.255. The molecule has 1 fully saturated rings. The summed E-state index contributed by atoms with van der Waals surface area (Å²) < 4.78 is 1.15. The number of nitrogens with zero attached hydrogens (tertiary/aromatic N) is 1. The number of hydrogen-bond acceptors (Lipinski definition) is 2. The van der Waals surface area contributed by atoms with Crippen LogP contribution in [0.3, 0.4) is 0 Å². The summed E-state index contributed by atoms with van der Waals surface area (Å²) in [5, 5.41) is 0. The van der Waals surface area contributed by atoms with Gasteiger partial charge in [0, 0.05) is 29.3 Å². The SMILES string of the molecule is CCC(N)Cc1cc(Br)ccc1N(CC)CC1CCC1. The average molecular weight is 339 g/mol. The molecule has 3 heteroatoms. The van der Waals surface area contributed by atoms with Gasteiger partial charge in [0.2, 0.25) is 0 Å². The highest BCUT2D eigenvalue weighted by molar-refractivity contribution is 9.10. The number of halogens is 1. The number of benzene rings is 1. The van der Waals surface area contributed by atoms with E-state index in [0.717, 1.165) is 29.8 Å². The highest BCUT2D eigenvalue weighted by atomic mass is 79.9. The standard InChI is InChI=1S/C17H27BrN2/c1-3-16(19)11-14-10-15(18)8-9-17(14)20(4-2)12-13-6-5-7-13/h8-10,13,16H,3-7,11-12,19H2,1-2H3. The predicted molar refractivity (Wildman–Crippen MR) is 91.3 cm³/mol. The molecule has 0 aromatic heterocycles. The Bertz CT molecular complexity index is 429. The largest absolute Gasteiger partial charge is 0.371 e. The summed E-state index contributed by atoms with van der Waals surface area (Å²) in [5.74, 6) is 0.895. The van der Waals surface area contributed by atoms with Crippen molar-refractivity contribution in [1.29, 1.82) is 0 Å². The van der Waals surface area contributed by atoms with Crippen molar-refractivity contribution < 1.29 is 0 Å². The van der Waals surface area contributed by atoms with Crippen LogP contribution in [0.15, 0.2) is 22.7 Å². The Morgan fingerprint density at radius 2 is 2.10 bits per heavy atom. The second kappa shape index (κ2) is 7.46. The van der Waals surface area contributed by atoms with E-state index in [0.29, 0.717) is 0 Å². The molecule has 2 N–H and O–H groups in total. The van der Waals surface area contributed by atoms with E-state index in [1.54, 1.807) is 0 Å². The lowest BCUT2D eigenvalue weighted by atomic mass is 9.85. The maximum Gasteiger partial charge on any atom is 0.0400 e. The molecule has 1 unspecified atom stereocenters. The van der Waals surface area contributed by atoms with Crippen LogP contribution in [0.4, 0.5) is 5.69 Å². The molecule has 112 valence electrons. The summed E-state index contributed by atoms with van der Waals surface area (Å²) in [7, 11) is 0. The zero-order valence-electron chi connectivity index (χ0n) is 12.7. The van der Waals surface area contributed by atoms with Crippen molar-refractivity contribution in [2.75, 3.05) is 18.0 Å². The highest BCUT2D eigenvalue weighted by Crippen LogP contribution is 2.31. The van der Waals surface area contributed by atoms with Gasteiger partial charge >= 0.3 is 0 Å². The van der Waals surface area contributed by atoms with Crippen LogP contribution in [-0.4, -0.2) is 19.1 Å². The molecule has 2 rings (SSSR count). The Labute approximate surface area is 131 Å². The van der Waals surface area contributed by atoms with Crippen molar-refractivity contribution >= 4 is 21.6 Å². The van der Waals surface area contributed by atoms with E-state index in [1.165, 1.54) is 37.1 Å². The van der Waals surface area contributed by atoms with Gasteiger partial charge < -0.3 is 10.6 Å². The van der Waals surface area contributed by atoms with Gasteiger partial charge in [-0.25, -0.2) is 0 Å². The van der Waals surface area contributed by atoms with Crippen LogP contribution in [0.2, 0.25) is 0 Å². The molecule has 0 radical (unpaired) electrons. The summed E-state index contributed by atoms with van der Waals surface area (Å²) in [6.45, 7) is 6.69. The highest BCUT2D eigenvalue weighted by Gasteiger charge is 2.21. The second-order valence-corrected chi connectivity index (χ2v) is 6.90. The Balaban J connectivity index is 2.18. The first-order chi connectivity index (χ1) is 9.63. The lowest BCUT2D eigenvalue weighted by Gasteiger charge is -2.34. The van der Waals surface area contributed by atoms with Gasteiger partial charge in [-0.3, -0.25) is 0 Å². The minimum Gasteiger partial charge on any atom is -0.371 e. The van der Waals surface area contributed by atoms with Gasteiger partial charge in [0.05, 0.1) is 0 Å². The molecule has 1 aromatic rings. The van der Waals surface area contributed by atoms with Crippen molar-refractivity contribution in [3.63, 3.8) is 0 Å². The monoisotopic (exact) mass is 338 g/mol. The van der Waals surface area contributed by atoms with E-state index in [-0.39, 0.29) is 6.04 Å². The smallest absolute Gasteiger partial charge is 0.0400 e. The van der Waals surface area contributed by atoms with E-state index in [4.69, 9.17) is 5.73 Å². The maximum absolute atomic E-state index is 6.17. The molecule has 0 heterocycles. The molecule has 0 amide bonds. The van der Waals surface area contributed by atoms with Gasteiger partial charge in [-0.1, -0.05) is 29.3 Å². The van der Waals surface area contributed by atoms with Crippen LogP contribution >= 0.6 is 15.9 Å². The molecule has 1 atom stereocenters. The molecular formula is C17H27BrN2. The van der Waals surface area contributed by atoms with E-state index in [2.05, 4.69) is 52.9 Å².